The third kappa shape index (κ3) is 4.60. The van der Waals surface area contributed by atoms with E-state index in [0.717, 1.165) is 67.5 Å². The summed E-state index contributed by atoms with van der Waals surface area (Å²) < 4.78 is 5.44. The molecule has 0 radical (unpaired) electrons. The molecule has 0 unspecified atom stereocenters. The number of nitrogens with zero attached hydrogens (tertiary/aromatic N) is 3. The van der Waals surface area contributed by atoms with Crippen LogP contribution >= 0.6 is 0 Å². The number of aryl methyl sites for hydroxylation is 1. The first-order chi connectivity index (χ1) is 15.2. The summed E-state index contributed by atoms with van der Waals surface area (Å²) in [5.74, 6) is 0.845. The lowest BCUT2D eigenvalue weighted by molar-refractivity contribution is 0.0342. The van der Waals surface area contributed by atoms with Crippen molar-refractivity contribution in [1.82, 2.24) is 19.9 Å². The molecule has 0 aliphatic carbocycles. The van der Waals surface area contributed by atoms with E-state index in [0.29, 0.717) is 0 Å². The quantitative estimate of drug-likeness (QED) is 0.491. The number of morpholine rings is 1. The molecule has 2 aromatic carbocycles. The van der Waals surface area contributed by atoms with Crippen molar-refractivity contribution in [3.8, 4) is 11.3 Å². The molecule has 1 aliphatic rings. The molecule has 3 heterocycles. The summed E-state index contributed by atoms with van der Waals surface area (Å²) in [6.45, 7) is 7.46. The minimum atomic E-state index is 0.727. The van der Waals surface area contributed by atoms with Crippen molar-refractivity contribution in [3.05, 3.63) is 77.6 Å². The number of fused-ring (bicyclic) bond motifs is 1. The zero-order valence-electron chi connectivity index (χ0n) is 17.8. The normalized spacial score (nSPS) is 14.7. The molecule has 0 amide bonds. The predicted molar refractivity (Wildman–Crippen MR) is 124 cm³/mol. The van der Waals surface area contributed by atoms with Gasteiger partial charge in [0.15, 0.2) is 0 Å². The van der Waals surface area contributed by atoms with Crippen molar-refractivity contribution >= 4 is 16.9 Å². The SMILES string of the molecule is Cc1cccc(CNc2ncnc3[nH]c(-c4ccc(CN5CCOCC5)cc4)cc23)c1. The van der Waals surface area contributed by atoms with E-state index in [1.54, 1.807) is 6.33 Å². The van der Waals surface area contributed by atoms with Gasteiger partial charge in [-0.15, -0.1) is 0 Å². The van der Waals surface area contributed by atoms with Gasteiger partial charge >= 0.3 is 0 Å². The summed E-state index contributed by atoms with van der Waals surface area (Å²) in [4.78, 5) is 14.8. The molecule has 5 rings (SSSR count). The van der Waals surface area contributed by atoms with Gasteiger partial charge in [0, 0.05) is 31.9 Å². The number of H-pyrrole nitrogens is 1. The molecule has 31 heavy (non-hydrogen) atoms. The van der Waals surface area contributed by atoms with E-state index < -0.39 is 0 Å². The number of hydrogen-bond acceptors (Lipinski definition) is 5. The van der Waals surface area contributed by atoms with Crippen LogP contribution < -0.4 is 5.32 Å². The maximum atomic E-state index is 5.44. The highest BCUT2D eigenvalue weighted by Crippen LogP contribution is 2.27. The Hall–Kier alpha value is -3.22. The number of benzene rings is 2. The number of ether oxygens (including phenoxy) is 1. The Morgan fingerprint density at radius 3 is 2.65 bits per heavy atom. The highest BCUT2D eigenvalue weighted by molar-refractivity contribution is 5.91. The van der Waals surface area contributed by atoms with E-state index in [9.17, 15) is 0 Å². The van der Waals surface area contributed by atoms with Crippen LogP contribution in [0.5, 0.6) is 0 Å². The molecule has 0 spiro atoms. The molecule has 2 aromatic heterocycles. The van der Waals surface area contributed by atoms with Crippen LogP contribution in [0.1, 0.15) is 16.7 Å². The minimum Gasteiger partial charge on any atom is -0.379 e. The number of aromatic amines is 1. The molecule has 1 aliphatic heterocycles. The number of hydrogen-bond donors (Lipinski definition) is 2. The van der Waals surface area contributed by atoms with Crippen LogP contribution in [0, 0.1) is 6.92 Å². The molecule has 6 nitrogen and oxygen atoms in total. The molecule has 1 fully saturated rings. The molecular weight excluding hydrogens is 386 g/mol. The van der Waals surface area contributed by atoms with Crippen molar-refractivity contribution in [2.75, 3.05) is 31.6 Å². The van der Waals surface area contributed by atoms with Crippen LogP contribution in [0.25, 0.3) is 22.3 Å². The molecule has 0 bridgehead atoms. The van der Waals surface area contributed by atoms with Crippen LogP contribution in [0.4, 0.5) is 5.82 Å². The van der Waals surface area contributed by atoms with E-state index in [1.165, 1.54) is 16.7 Å². The van der Waals surface area contributed by atoms with Crippen LogP contribution in [-0.2, 0) is 17.8 Å². The Morgan fingerprint density at radius 2 is 1.84 bits per heavy atom. The maximum absolute atomic E-state index is 5.44. The van der Waals surface area contributed by atoms with Crippen LogP contribution in [0.15, 0.2) is 60.9 Å². The average molecular weight is 414 g/mol. The third-order valence-corrected chi connectivity index (χ3v) is 5.74. The van der Waals surface area contributed by atoms with Gasteiger partial charge in [-0.25, -0.2) is 9.97 Å². The van der Waals surface area contributed by atoms with E-state index in [1.807, 2.05) is 0 Å². The summed E-state index contributed by atoms with van der Waals surface area (Å²) in [7, 11) is 0. The summed E-state index contributed by atoms with van der Waals surface area (Å²) in [5, 5.41) is 4.47. The fourth-order valence-corrected chi connectivity index (χ4v) is 4.05. The van der Waals surface area contributed by atoms with Crippen molar-refractivity contribution in [2.45, 2.75) is 20.0 Å². The zero-order chi connectivity index (χ0) is 21.0. The van der Waals surface area contributed by atoms with E-state index in [2.05, 4.69) is 86.7 Å². The second-order valence-corrected chi connectivity index (χ2v) is 8.10. The smallest absolute Gasteiger partial charge is 0.143 e. The lowest BCUT2D eigenvalue weighted by Crippen LogP contribution is -2.35. The standard InChI is InChI=1S/C25H27N5O/c1-18-3-2-4-20(13-18)15-26-24-22-14-23(29-25(22)28-17-27-24)21-7-5-19(6-8-21)16-30-9-11-31-12-10-30/h2-8,13-14,17H,9-12,15-16H2,1H3,(H2,26,27,28,29). The molecule has 4 aromatic rings. The highest BCUT2D eigenvalue weighted by atomic mass is 16.5. The lowest BCUT2D eigenvalue weighted by atomic mass is 10.1. The first-order valence-corrected chi connectivity index (χ1v) is 10.8. The van der Waals surface area contributed by atoms with Crippen molar-refractivity contribution in [2.24, 2.45) is 0 Å². The van der Waals surface area contributed by atoms with Crippen molar-refractivity contribution in [1.29, 1.82) is 0 Å². The molecule has 0 saturated carbocycles. The predicted octanol–water partition coefficient (Wildman–Crippen LogP) is 4.38. The minimum absolute atomic E-state index is 0.727. The second kappa shape index (κ2) is 8.88. The molecular formula is C25H27N5O. The lowest BCUT2D eigenvalue weighted by Gasteiger charge is -2.26. The summed E-state index contributed by atoms with van der Waals surface area (Å²) in [6, 6.07) is 19.4. The Kier molecular flexibility index (Phi) is 5.65. The molecule has 2 N–H and O–H groups in total. The summed E-state index contributed by atoms with van der Waals surface area (Å²) in [5.41, 5.74) is 6.85. The number of anilines is 1. The second-order valence-electron chi connectivity index (χ2n) is 8.10. The Bertz CT molecular complexity index is 1160. The van der Waals surface area contributed by atoms with Crippen molar-refractivity contribution < 1.29 is 4.74 Å². The van der Waals surface area contributed by atoms with Gasteiger partial charge in [-0.2, -0.15) is 0 Å². The van der Waals surface area contributed by atoms with Crippen LogP contribution in [-0.4, -0.2) is 46.2 Å². The maximum Gasteiger partial charge on any atom is 0.143 e. The number of rotatable bonds is 6. The van der Waals surface area contributed by atoms with Gasteiger partial charge in [-0.05, 0) is 29.7 Å². The topological polar surface area (TPSA) is 66.1 Å². The van der Waals surface area contributed by atoms with E-state index >= 15 is 0 Å². The first-order valence-electron chi connectivity index (χ1n) is 10.8. The van der Waals surface area contributed by atoms with Gasteiger partial charge in [-0.1, -0.05) is 54.1 Å². The summed E-state index contributed by atoms with van der Waals surface area (Å²) >= 11 is 0. The van der Waals surface area contributed by atoms with E-state index in [-0.39, 0.29) is 0 Å². The fraction of sp³-hybridized carbons (Fsp3) is 0.280. The number of aromatic nitrogens is 3. The monoisotopic (exact) mass is 413 g/mol. The van der Waals surface area contributed by atoms with Gasteiger partial charge in [-0.3, -0.25) is 4.90 Å². The van der Waals surface area contributed by atoms with Crippen LogP contribution in [0.2, 0.25) is 0 Å². The largest absolute Gasteiger partial charge is 0.379 e. The van der Waals surface area contributed by atoms with Gasteiger partial charge in [0.1, 0.15) is 17.8 Å². The fourth-order valence-electron chi connectivity index (χ4n) is 4.05. The van der Waals surface area contributed by atoms with Gasteiger partial charge in [0.2, 0.25) is 0 Å². The molecule has 1 saturated heterocycles. The molecule has 0 atom stereocenters. The van der Waals surface area contributed by atoms with Crippen LogP contribution in [0.3, 0.4) is 0 Å². The number of nitrogens with one attached hydrogen (secondary N) is 2. The molecule has 6 heteroatoms. The summed E-state index contributed by atoms with van der Waals surface area (Å²) in [6.07, 6.45) is 1.60. The van der Waals surface area contributed by atoms with Gasteiger partial charge < -0.3 is 15.0 Å². The Morgan fingerprint density at radius 1 is 1.00 bits per heavy atom. The highest BCUT2D eigenvalue weighted by Gasteiger charge is 2.12. The Labute approximate surface area is 182 Å². The average Bonchev–Trinajstić information content (AvgIpc) is 3.24. The molecule has 158 valence electrons. The third-order valence-electron chi connectivity index (χ3n) is 5.74. The van der Waals surface area contributed by atoms with Gasteiger partial charge in [0.25, 0.3) is 0 Å². The zero-order valence-corrected chi connectivity index (χ0v) is 17.8. The van der Waals surface area contributed by atoms with Gasteiger partial charge in [0.05, 0.1) is 18.6 Å². The Balaban J connectivity index is 1.33. The van der Waals surface area contributed by atoms with Crippen molar-refractivity contribution in [3.63, 3.8) is 0 Å². The first kappa shape index (κ1) is 19.7. The van der Waals surface area contributed by atoms with E-state index in [4.69, 9.17) is 4.74 Å².